The predicted octanol–water partition coefficient (Wildman–Crippen LogP) is 2.13. The van der Waals surface area contributed by atoms with Crippen LogP contribution in [0.25, 0.3) is 10.8 Å². The normalized spacial score (nSPS) is 27.2. The van der Waals surface area contributed by atoms with E-state index in [4.69, 9.17) is 18.9 Å². The molecule has 0 aromatic heterocycles. The van der Waals surface area contributed by atoms with Crippen LogP contribution in [-0.2, 0) is 22.4 Å². The number of phenols is 1. The summed E-state index contributed by atoms with van der Waals surface area (Å²) < 4.78 is 23.2. The van der Waals surface area contributed by atoms with Gasteiger partial charge in [0.2, 0.25) is 6.29 Å². The maximum Gasteiger partial charge on any atom is 0.254 e. The van der Waals surface area contributed by atoms with E-state index >= 15 is 0 Å². The first-order valence-electron chi connectivity index (χ1n) is 16.1. The van der Waals surface area contributed by atoms with Gasteiger partial charge in [-0.3, -0.25) is 9.59 Å². The van der Waals surface area contributed by atoms with Gasteiger partial charge in [0.15, 0.2) is 17.5 Å². The van der Waals surface area contributed by atoms with Crippen molar-refractivity contribution >= 4 is 22.5 Å². The van der Waals surface area contributed by atoms with Gasteiger partial charge in [-0.15, -0.1) is 0 Å². The molecule has 5 N–H and O–H groups in total. The lowest BCUT2D eigenvalue weighted by atomic mass is 9.86. The Morgan fingerprint density at radius 2 is 1.90 bits per heavy atom. The Hall–Kier alpha value is -4.38. The number of benzene rings is 3. The van der Waals surface area contributed by atoms with E-state index in [2.05, 4.69) is 12.0 Å². The van der Waals surface area contributed by atoms with Crippen molar-refractivity contribution in [3.05, 3.63) is 64.2 Å². The molecule has 1 saturated carbocycles. The number of ether oxygens (including phenoxy) is 4. The molecule has 4 aliphatic rings. The van der Waals surface area contributed by atoms with Crippen LogP contribution in [0.5, 0.6) is 17.2 Å². The first kappa shape index (κ1) is 32.2. The lowest BCUT2D eigenvalue weighted by Crippen LogP contribution is -2.70. The Bertz CT molecular complexity index is 1840. The fourth-order valence-electron chi connectivity index (χ4n) is 7.49. The molecule has 3 aromatic rings. The summed E-state index contributed by atoms with van der Waals surface area (Å²) in [6.07, 6.45) is -0.0988. The molecule has 2 fully saturated rings. The highest BCUT2D eigenvalue weighted by Crippen LogP contribution is 2.47. The van der Waals surface area contributed by atoms with E-state index in [0.717, 1.165) is 31.2 Å². The van der Waals surface area contributed by atoms with Crippen LogP contribution in [0.2, 0.25) is 0 Å². The number of carbonyl (C=O) groups excluding carboxylic acids is 2. The molecule has 6 bridgehead atoms. The molecule has 252 valence electrons. The number of methoxy groups -OCH3 is 1. The Kier molecular flexibility index (Phi) is 8.43. The van der Waals surface area contributed by atoms with Crippen molar-refractivity contribution < 1.29 is 54.1 Å². The molecule has 48 heavy (non-hydrogen) atoms. The second-order valence-corrected chi connectivity index (χ2v) is 12.9. The molecule has 3 aliphatic heterocycles. The molecule has 0 spiro atoms. The summed E-state index contributed by atoms with van der Waals surface area (Å²) in [7, 11) is 1.45. The number of aliphatic hydroxyl groups is 4. The molecule has 1 amide bonds. The van der Waals surface area contributed by atoms with Gasteiger partial charge in [0.05, 0.1) is 37.8 Å². The largest absolute Gasteiger partial charge is 0.506 e. The summed E-state index contributed by atoms with van der Waals surface area (Å²) in [6.45, 7) is -1.81. The van der Waals surface area contributed by atoms with Gasteiger partial charge in [0.1, 0.15) is 35.6 Å². The number of ketones is 1. The molecule has 1 aliphatic carbocycles. The zero-order valence-electron chi connectivity index (χ0n) is 26.3. The van der Waals surface area contributed by atoms with Crippen LogP contribution in [0.3, 0.4) is 0 Å². The number of aromatic hydroxyl groups is 1. The number of fused-ring (bicyclic) bond motifs is 4. The van der Waals surface area contributed by atoms with E-state index in [1.54, 1.807) is 18.2 Å². The smallest absolute Gasteiger partial charge is 0.254 e. The highest BCUT2D eigenvalue weighted by molar-refractivity contribution is 6.11. The van der Waals surface area contributed by atoms with Crippen LogP contribution in [0.15, 0.2) is 36.4 Å². The number of amides is 1. The second-order valence-electron chi connectivity index (χ2n) is 12.9. The van der Waals surface area contributed by atoms with Crippen molar-refractivity contribution in [2.75, 3.05) is 26.9 Å². The summed E-state index contributed by atoms with van der Waals surface area (Å²) in [5.74, 6) is 1.98. The summed E-state index contributed by atoms with van der Waals surface area (Å²) >= 11 is 0. The third-order valence-corrected chi connectivity index (χ3v) is 10.1. The molecule has 1 saturated heterocycles. The summed E-state index contributed by atoms with van der Waals surface area (Å²) in [6, 6.07) is 10.2. The van der Waals surface area contributed by atoms with Gasteiger partial charge in [-0.05, 0) is 59.0 Å². The SMILES string of the molecule is COc1cc2c3c(O)c(c(C4CCCC4)cc3c1)C(=O)CN1Cc3c(cccc3C1=O)CC#COC1C(O)C(CO)OC(O2)C1(O)CO. The van der Waals surface area contributed by atoms with Gasteiger partial charge in [-0.25, -0.2) is 0 Å². The van der Waals surface area contributed by atoms with Crippen molar-refractivity contribution in [2.24, 2.45) is 0 Å². The first-order chi connectivity index (χ1) is 23.2. The minimum absolute atomic E-state index is 0.00445. The van der Waals surface area contributed by atoms with Crippen molar-refractivity contribution in [3.63, 3.8) is 0 Å². The molecule has 12 heteroatoms. The minimum Gasteiger partial charge on any atom is -0.506 e. The van der Waals surface area contributed by atoms with Crippen molar-refractivity contribution in [1.82, 2.24) is 4.90 Å². The van der Waals surface area contributed by atoms with Crippen LogP contribution in [0.1, 0.15) is 69.0 Å². The van der Waals surface area contributed by atoms with Crippen LogP contribution in [-0.4, -0.2) is 99.2 Å². The third-order valence-electron chi connectivity index (χ3n) is 10.1. The summed E-state index contributed by atoms with van der Waals surface area (Å²) in [5.41, 5.74) is 0.211. The van der Waals surface area contributed by atoms with E-state index in [0.29, 0.717) is 27.8 Å². The average molecular weight is 660 g/mol. The number of aliphatic hydroxyl groups excluding tert-OH is 3. The Morgan fingerprint density at radius 1 is 1.10 bits per heavy atom. The quantitative estimate of drug-likeness (QED) is 0.260. The molecule has 0 radical (unpaired) electrons. The molecular weight excluding hydrogens is 622 g/mol. The van der Waals surface area contributed by atoms with Crippen molar-refractivity contribution in [1.29, 1.82) is 0 Å². The number of nitrogens with zero attached hydrogens (tertiary/aromatic N) is 1. The molecule has 5 unspecified atom stereocenters. The molecule has 5 atom stereocenters. The minimum atomic E-state index is -2.42. The Balaban J connectivity index is 1.45. The van der Waals surface area contributed by atoms with Crippen molar-refractivity contribution in [2.45, 2.75) is 74.8 Å². The molecule has 3 aromatic carbocycles. The molecule has 12 nitrogen and oxygen atoms in total. The van der Waals surface area contributed by atoms with Crippen LogP contribution in [0, 0.1) is 12.0 Å². The number of hydrogen-bond donors (Lipinski definition) is 5. The van der Waals surface area contributed by atoms with Gasteiger partial charge in [0, 0.05) is 24.6 Å². The van der Waals surface area contributed by atoms with Gasteiger partial charge in [0.25, 0.3) is 5.91 Å². The second kappa shape index (κ2) is 12.6. The maximum atomic E-state index is 14.3. The maximum absolute atomic E-state index is 14.3. The van der Waals surface area contributed by atoms with Crippen LogP contribution in [0.4, 0.5) is 0 Å². The highest BCUT2D eigenvalue weighted by atomic mass is 16.7. The van der Waals surface area contributed by atoms with Gasteiger partial charge in [-0.1, -0.05) is 30.9 Å². The number of carbonyl (C=O) groups is 2. The Labute approximate surface area is 276 Å². The van der Waals surface area contributed by atoms with Crippen LogP contribution < -0.4 is 9.47 Å². The zero-order valence-corrected chi connectivity index (χ0v) is 26.3. The monoisotopic (exact) mass is 659 g/mol. The fraction of sp³-hybridized carbons (Fsp3) is 0.444. The lowest BCUT2D eigenvalue weighted by molar-refractivity contribution is -0.326. The standard InChI is InChI=1S/C36H37NO11/c1-45-22-12-21-13-24(19-6-2-3-7-19)30-26(40)16-37-15-25-20(8-4-10-23(25)34(37)43)9-5-11-46-33-31(41)28(17-38)48-35(36(33,44)18-39)47-27(14-22)29(21)32(30)42/h4,8,10,12-14,19,28,31,33,35,38-39,41-42,44H,2-3,6-7,9,15-18H2,1H3. The predicted molar refractivity (Wildman–Crippen MR) is 170 cm³/mol. The number of hydrogen-bond acceptors (Lipinski definition) is 11. The Morgan fingerprint density at radius 3 is 2.62 bits per heavy atom. The van der Waals surface area contributed by atoms with E-state index in [-0.39, 0.29) is 53.8 Å². The number of phenolic OH excluding ortho intramolecular Hbond substituents is 1. The van der Waals surface area contributed by atoms with Crippen LogP contribution >= 0.6 is 0 Å². The lowest BCUT2D eigenvalue weighted by Gasteiger charge is -2.47. The zero-order chi connectivity index (χ0) is 33.7. The molecule has 3 heterocycles. The number of Topliss-reactive ketones (excluding diaryl/α,β-unsaturated/α-hetero) is 1. The van der Waals surface area contributed by atoms with Gasteiger partial charge in [-0.2, -0.15) is 0 Å². The van der Waals surface area contributed by atoms with E-state index in [1.807, 2.05) is 12.1 Å². The van der Waals surface area contributed by atoms with Crippen molar-refractivity contribution in [3.8, 4) is 29.3 Å². The third kappa shape index (κ3) is 5.23. The van der Waals surface area contributed by atoms with E-state index < -0.39 is 49.2 Å². The van der Waals surface area contributed by atoms with Gasteiger partial charge < -0.3 is 49.4 Å². The van der Waals surface area contributed by atoms with E-state index in [9.17, 15) is 35.1 Å². The van der Waals surface area contributed by atoms with E-state index in [1.165, 1.54) is 18.1 Å². The molecular formula is C36H37NO11. The van der Waals surface area contributed by atoms with Gasteiger partial charge >= 0.3 is 0 Å². The summed E-state index contributed by atoms with van der Waals surface area (Å²) in [4.78, 5) is 29.3. The fourth-order valence-corrected chi connectivity index (χ4v) is 7.49. The summed E-state index contributed by atoms with van der Waals surface area (Å²) in [5, 5.41) is 56.0. The topological polar surface area (TPSA) is 175 Å². The number of rotatable bonds is 4. The molecule has 7 rings (SSSR count). The first-order valence-corrected chi connectivity index (χ1v) is 16.1. The highest BCUT2D eigenvalue weighted by Gasteiger charge is 2.58. The average Bonchev–Trinajstić information content (AvgIpc) is 3.73.